The number of aromatic nitrogens is 3. The molecule has 130 valence electrons. The summed E-state index contributed by atoms with van der Waals surface area (Å²) in [5.41, 5.74) is 1.76. The molecule has 2 aliphatic rings. The lowest BCUT2D eigenvalue weighted by atomic mass is 10.00. The lowest BCUT2D eigenvalue weighted by Gasteiger charge is -2.28. The maximum atomic E-state index is 10.0. The van der Waals surface area contributed by atoms with Gasteiger partial charge in [0.15, 0.2) is 0 Å². The van der Waals surface area contributed by atoms with Crippen LogP contribution in [0.3, 0.4) is 0 Å². The second-order valence-electron chi connectivity index (χ2n) is 6.67. The maximum absolute atomic E-state index is 10.0. The van der Waals surface area contributed by atoms with E-state index in [1.54, 1.807) is 6.20 Å². The number of ether oxygens (including phenoxy) is 1. The fourth-order valence-corrected chi connectivity index (χ4v) is 4.07. The zero-order chi connectivity index (χ0) is 16.9. The van der Waals surface area contributed by atoms with Gasteiger partial charge in [-0.3, -0.25) is 0 Å². The maximum Gasteiger partial charge on any atom is 0.241 e. The van der Waals surface area contributed by atoms with E-state index >= 15 is 0 Å². The van der Waals surface area contributed by atoms with E-state index in [2.05, 4.69) is 22.3 Å². The first-order valence-electron chi connectivity index (χ1n) is 8.31. The Kier molecular flexibility index (Phi) is 4.11. The molecule has 2 aromatic heterocycles. The van der Waals surface area contributed by atoms with E-state index < -0.39 is 6.10 Å². The number of halogens is 2. The smallest absolute Gasteiger partial charge is 0.241 e. The summed E-state index contributed by atoms with van der Waals surface area (Å²) in [5, 5.41) is 18.9. The van der Waals surface area contributed by atoms with Crippen LogP contribution in [0.2, 0.25) is 10.0 Å². The quantitative estimate of drug-likeness (QED) is 0.865. The van der Waals surface area contributed by atoms with E-state index in [1.165, 1.54) is 0 Å². The van der Waals surface area contributed by atoms with Crippen molar-refractivity contribution in [3.8, 4) is 0 Å². The van der Waals surface area contributed by atoms with E-state index in [0.29, 0.717) is 35.6 Å². The van der Waals surface area contributed by atoms with Gasteiger partial charge in [-0.05, 0) is 25.7 Å². The van der Waals surface area contributed by atoms with Gasteiger partial charge in [0.25, 0.3) is 0 Å². The molecule has 0 amide bonds. The molecule has 8 heteroatoms. The number of nitrogens with one attached hydrogen (secondary N) is 1. The lowest BCUT2D eigenvalue weighted by molar-refractivity contribution is -0.0136. The second-order valence-corrected chi connectivity index (χ2v) is 7.43. The second kappa shape index (κ2) is 6.02. The SMILES string of the molecule is CCC1(c2c(Cl)c(Cl)c3cnc(N[C@@H]4CCOC[C@H]4O)nn23)CC1. The van der Waals surface area contributed by atoms with Crippen LogP contribution in [0.5, 0.6) is 0 Å². The largest absolute Gasteiger partial charge is 0.389 e. The summed E-state index contributed by atoms with van der Waals surface area (Å²) in [6.07, 6.45) is 5.01. The lowest BCUT2D eigenvalue weighted by Crippen LogP contribution is -2.42. The van der Waals surface area contributed by atoms with Gasteiger partial charge in [-0.2, -0.15) is 0 Å². The molecule has 1 saturated carbocycles. The zero-order valence-electron chi connectivity index (χ0n) is 13.4. The summed E-state index contributed by atoms with van der Waals surface area (Å²) in [7, 11) is 0. The molecule has 1 aliphatic carbocycles. The van der Waals surface area contributed by atoms with E-state index in [1.807, 2.05) is 4.52 Å². The minimum absolute atomic E-state index is 0.0664. The number of nitrogens with zero attached hydrogens (tertiary/aromatic N) is 3. The molecule has 0 bridgehead atoms. The van der Waals surface area contributed by atoms with Crippen LogP contribution < -0.4 is 5.32 Å². The highest BCUT2D eigenvalue weighted by atomic mass is 35.5. The topological polar surface area (TPSA) is 71.7 Å². The summed E-state index contributed by atoms with van der Waals surface area (Å²) in [6.45, 7) is 3.10. The molecule has 3 heterocycles. The van der Waals surface area contributed by atoms with Crippen molar-refractivity contribution in [2.24, 2.45) is 0 Å². The van der Waals surface area contributed by atoms with Crippen molar-refractivity contribution in [3.05, 3.63) is 21.9 Å². The Morgan fingerprint density at radius 1 is 1.42 bits per heavy atom. The van der Waals surface area contributed by atoms with Crippen molar-refractivity contribution >= 4 is 34.7 Å². The Morgan fingerprint density at radius 2 is 2.21 bits per heavy atom. The average molecular weight is 371 g/mol. The first-order valence-corrected chi connectivity index (χ1v) is 9.07. The van der Waals surface area contributed by atoms with Crippen molar-refractivity contribution in [3.63, 3.8) is 0 Å². The molecule has 24 heavy (non-hydrogen) atoms. The Balaban J connectivity index is 1.73. The molecule has 0 radical (unpaired) electrons. The van der Waals surface area contributed by atoms with Gasteiger partial charge in [0.1, 0.15) is 5.52 Å². The number of aliphatic hydroxyl groups excluding tert-OH is 1. The number of aliphatic hydroxyl groups is 1. The van der Waals surface area contributed by atoms with E-state index in [-0.39, 0.29) is 11.5 Å². The van der Waals surface area contributed by atoms with Gasteiger partial charge in [-0.1, -0.05) is 30.1 Å². The zero-order valence-corrected chi connectivity index (χ0v) is 14.9. The molecule has 2 atom stereocenters. The van der Waals surface area contributed by atoms with Crippen LogP contribution in [0.25, 0.3) is 5.52 Å². The molecule has 2 N–H and O–H groups in total. The summed E-state index contributed by atoms with van der Waals surface area (Å²) < 4.78 is 7.08. The van der Waals surface area contributed by atoms with Crippen LogP contribution in [0, 0.1) is 0 Å². The van der Waals surface area contributed by atoms with Gasteiger partial charge in [-0.25, -0.2) is 9.50 Å². The Hall–Kier alpha value is -1.08. The van der Waals surface area contributed by atoms with Gasteiger partial charge < -0.3 is 15.2 Å². The fraction of sp³-hybridized carbons (Fsp3) is 0.625. The number of anilines is 1. The molecule has 4 rings (SSSR count). The average Bonchev–Trinajstić information content (AvgIpc) is 3.33. The van der Waals surface area contributed by atoms with E-state index in [4.69, 9.17) is 27.9 Å². The Morgan fingerprint density at radius 3 is 2.88 bits per heavy atom. The molecule has 6 nitrogen and oxygen atoms in total. The molecular weight excluding hydrogens is 351 g/mol. The van der Waals surface area contributed by atoms with E-state index in [0.717, 1.165) is 30.5 Å². The molecule has 1 saturated heterocycles. The highest BCUT2D eigenvalue weighted by Crippen LogP contribution is 2.54. The summed E-state index contributed by atoms with van der Waals surface area (Å²) in [4.78, 5) is 4.34. The van der Waals surface area contributed by atoms with Crippen LogP contribution in [-0.4, -0.2) is 45.1 Å². The predicted molar refractivity (Wildman–Crippen MR) is 93.1 cm³/mol. The van der Waals surface area contributed by atoms with Crippen LogP contribution in [0.1, 0.15) is 38.3 Å². The molecule has 2 fully saturated rings. The molecule has 0 unspecified atom stereocenters. The third-order valence-corrected chi connectivity index (χ3v) is 6.09. The standard InChI is InChI=1S/C16H20Cl2N4O2/c1-2-16(4-5-16)14-13(18)12(17)10-7-19-15(21-22(10)14)20-9-3-6-24-8-11(9)23/h7,9,11,23H,2-6,8H2,1H3,(H,20,21)/t9-,11-/m1/s1. The number of hydrogen-bond donors (Lipinski definition) is 2. The van der Waals surface area contributed by atoms with Gasteiger partial charge >= 0.3 is 0 Å². The third kappa shape index (κ3) is 2.56. The highest BCUT2D eigenvalue weighted by Gasteiger charge is 2.47. The summed E-state index contributed by atoms with van der Waals surface area (Å²) >= 11 is 12.9. The highest BCUT2D eigenvalue weighted by molar-refractivity contribution is 6.45. The number of fused-ring (bicyclic) bond motifs is 1. The minimum atomic E-state index is -0.570. The molecule has 2 aromatic rings. The van der Waals surface area contributed by atoms with Crippen molar-refractivity contribution in [2.45, 2.75) is 50.2 Å². The Labute approximate surface area is 150 Å². The van der Waals surface area contributed by atoms with Crippen LogP contribution in [0.15, 0.2) is 6.20 Å². The molecule has 0 aromatic carbocycles. The van der Waals surface area contributed by atoms with Gasteiger partial charge in [0.2, 0.25) is 5.95 Å². The van der Waals surface area contributed by atoms with Crippen LogP contribution in [0.4, 0.5) is 5.95 Å². The van der Waals surface area contributed by atoms with Crippen LogP contribution >= 0.6 is 23.2 Å². The molecule has 1 aliphatic heterocycles. The fourth-order valence-electron chi connectivity index (χ4n) is 3.47. The first kappa shape index (κ1) is 16.4. The van der Waals surface area contributed by atoms with Gasteiger partial charge in [0, 0.05) is 12.0 Å². The van der Waals surface area contributed by atoms with Crippen LogP contribution in [-0.2, 0) is 10.2 Å². The third-order valence-electron chi connectivity index (χ3n) is 5.24. The molecule has 0 spiro atoms. The first-order chi connectivity index (χ1) is 11.6. The molecular formula is C16H20Cl2N4O2. The number of hydrogen-bond acceptors (Lipinski definition) is 5. The monoisotopic (exact) mass is 370 g/mol. The predicted octanol–water partition coefficient (Wildman–Crippen LogP) is 3.04. The summed E-state index contributed by atoms with van der Waals surface area (Å²) in [5.74, 6) is 0.463. The van der Waals surface area contributed by atoms with E-state index in [9.17, 15) is 5.11 Å². The van der Waals surface area contributed by atoms with Gasteiger partial charge in [-0.15, -0.1) is 5.10 Å². The van der Waals surface area contributed by atoms with Gasteiger partial charge in [0.05, 0.1) is 40.7 Å². The Bertz CT molecular complexity index is 775. The number of rotatable bonds is 4. The minimum Gasteiger partial charge on any atom is -0.389 e. The summed E-state index contributed by atoms with van der Waals surface area (Å²) in [6, 6.07) is -0.123. The normalized spacial score (nSPS) is 25.8. The van der Waals surface area contributed by atoms with Crippen molar-refractivity contribution < 1.29 is 9.84 Å². The van der Waals surface area contributed by atoms with Crippen molar-refractivity contribution in [2.75, 3.05) is 18.5 Å². The van der Waals surface area contributed by atoms with Crippen molar-refractivity contribution in [1.29, 1.82) is 0 Å². The van der Waals surface area contributed by atoms with Crippen molar-refractivity contribution in [1.82, 2.24) is 14.6 Å².